The molecule has 2 rings (SSSR count). The van der Waals surface area contributed by atoms with Gasteiger partial charge in [-0.15, -0.1) is 0 Å². The Kier molecular flexibility index (Phi) is 3.77. The Morgan fingerprint density at radius 1 is 1.45 bits per heavy atom. The monoisotopic (exact) mass is 341 g/mol. The predicted octanol–water partition coefficient (Wildman–Crippen LogP) is 2.57. The third-order valence-electron chi connectivity index (χ3n) is 3.10. The zero-order chi connectivity index (χ0) is 15.1. The number of ether oxygens (including phenoxy) is 1. The number of carboxylic acids is 1. The van der Waals surface area contributed by atoms with Gasteiger partial charge in [0.1, 0.15) is 5.75 Å². The highest BCUT2D eigenvalue weighted by Crippen LogP contribution is 2.32. The first kappa shape index (κ1) is 14.8. The second kappa shape index (κ2) is 5.09. The van der Waals surface area contributed by atoms with Crippen molar-refractivity contribution in [2.24, 2.45) is 5.41 Å². The molecule has 5 nitrogen and oxygen atoms in total. The summed E-state index contributed by atoms with van der Waals surface area (Å²) >= 11 is 3.38. The van der Waals surface area contributed by atoms with Gasteiger partial charge in [0.25, 0.3) is 5.91 Å². The third-order valence-corrected chi connectivity index (χ3v) is 3.81. The van der Waals surface area contributed by atoms with E-state index in [0.29, 0.717) is 17.9 Å². The van der Waals surface area contributed by atoms with Gasteiger partial charge < -0.3 is 15.2 Å². The Balaban J connectivity index is 2.35. The normalized spacial score (nSPS) is 15.5. The molecule has 1 heterocycles. The Hall–Kier alpha value is -1.56. The van der Waals surface area contributed by atoms with Gasteiger partial charge in [0.2, 0.25) is 0 Å². The van der Waals surface area contributed by atoms with Crippen molar-refractivity contribution in [2.45, 2.75) is 33.4 Å². The molecule has 6 heteroatoms. The van der Waals surface area contributed by atoms with Crippen molar-refractivity contribution in [1.29, 1.82) is 0 Å². The Bertz CT molecular complexity index is 577. The lowest BCUT2D eigenvalue weighted by Gasteiger charge is -2.27. The van der Waals surface area contributed by atoms with E-state index in [9.17, 15) is 14.7 Å². The van der Waals surface area contributed by atoms with E-state index in [2.05, 4.69) is 21.2 Å². The van der Waals surface area contributed by atoms with Crippen LogP contribution in [0.3, 0.4) is 0 Å². The van der Waals surface area contributed by atoms with Crippen LogP contribution in [0.4, 0.5) is 0 Å². The van der Waals surface area contributed by atoms with Crippen molar-refractivity contribution < 1.29 is 19.4 Å². The number of hydrogen-bond donors (Lipinski definition) is 2. The predicted molar refractivity (Wildman–Crippen MR) is 76.8 cm³/mol. The summed E-state index contributed by atoms with van der Waals surface area (Å²) < 4.78 is 6.32. The molecule has 0 radical (unpaired) electrons. The molecule has 108 valence electrons. The Labute approximate surface area is 125 Å². The molecule has 0 saturated heterocycles. The van der Waals surface area contributed by atoms with Crippen LogP contribution < -0.4 is 10.1 Å². The fraction of sp³-hybridized carbons (Fsp3) is 0.429. The maximum absolute atomic E-state index is 11.7. The van der Waals surface area contributed by atoms with Gasteiger partial charge in [0.05, 0.1) is 0 Å². The largest absolute Gasteiger partial charge is 0.478 e. The van der Waals surface area contributed by atoms with Crippen LogP contribution in [0.1, 0.15) is 36.7 Å². The van der Waals surface area contributed by atoms with Crippen molar-refractivity contribution in [3.05, 3.63) is 27.7 Å². The van der Waals surface area contributed by atoms with Crippen LogP contribution in [0.25, 0.3) is 0 Å². The summed E-state index contributed by atoms with van der Waals surface area (Å²) in [6, 6.07) is 3.28. The highest BCUT2D eigenvalue weighted by molar-refractivity contribution is 9.10. The standard InChI is InChI=1S/C14H16BrNO4/c1-14(2,3)11(13(18)19)20-7-4-8-9(10(15)5-7)6-16-12(8)17/h4-5,11H,6H2,1-3H3,(H,16,17)(H,18,19). The molecular formula is C14H16BrNO4. The number of carbonyl (C=O) groups excluding carboxylic acids is 1. The maximum atomic E-state index is 11.7. The first-order chi connectivity index (χ1) is 9.20. The number of fused-ring (bicyclic) bond motifs is 1. The smallest absolute Gasteiger partial charge is 0.345 e. The number of aliphatic carboxylic acids is 1. The van der Waals surface area contributed by atoms with E-state index in [-0.39, 0.29) is 5.91 Å². The van der Waals surface area contributed by atoms with Crippen LogP contribution >= 0.6 is 15.9 Å². The third kappa shape index (κ3) is 2.80. The molecule has 20 heavy (non-hydrogen) atoms. The van der Waals surface area contributed by atoms with Gasteiger partial charge in [-0.05, 0) is 17.7 Å². The summed E-state index contributed by atoms with van der Waals surface area (Å²) in [5, 5.41) is 12.0. The molecule has 0 fully saturated rings. The van der Waals surface area contributed by atoms with E-state index in [1.807, 2.05) is 0 Å². The Morgan fingerprint density at radius 2 is 2.10 bits per heavy atom. The van der Waals surface area contributed by atoms with Crippen LogP contribution in [-0.2, 0) is 11.3 Å². The van der Waals surface area contributed by atoms with Crippen LogP contribution in [0, 0.1) is 5.41 Å². The lowest BCUT2D eigenvalue weighted by molar-refractivity contribution is -0.150. The fourth-order valence-corrected chi connectivity index (χ4v) is 2.64. The molecule has 2 N–H and O–H groups in total. The van der Waals surface area contributed by atoms with Crippen molar-refractivity contribution in [3.63, 3.8) is 0 Å². The molecule has 1 aliphatic rings. The van der Waals surface area contributed by atoms with Crippen LogP contribution in [-0.4, -0.2) is 23.1 Å². The molecule has 1 unspecified atom stereocenters. The number of carbonyl (C=O) groups is 2. The summed E-state index contributed by atoms with van der Waals surface area (Å²) in [4.78, 5) is 23.0. The van der Waals surface area contributed by atoms with E-state index in [0.717, 1.165) is 10.0 Å². The summed E-state index contributed by atoms with van der Waals surface area (Å²) in [5.74, 6) is -0.831. The minimum absolute atomic E-state index is 0.172. The summed E-state index contributed by atoms with van der Waals surface area (Å²) in [5.41, 5.74) is 0.831. The topological polar surface area (TPSA) is 75.6 Å². The highest BCUT2D eigenvalue weighted by Gasteiger charge is 2.34. The summed E-state index contributed by atoms with van der Waals surface area (Å²) in [6.07, 6.45) is -0.989. The Morgan fingerprint density at radius 3 is 2.65 bits per heavy atom. The number of benzene rings is 1. The lowest BCUT2D eigenvalue weighted by atomic mass is 9.89. The summed E-state index contributed by atoms with van der Waals surface area (Å²) in [7, 11) is 0. The zero-order valence-corrected chi connectivity index (χ0v) is 13.1. The van der Waals surface area contributed by atoms with E-state index in [1.54, 1.807) is 32.9 Å². The average Bonchev–Trinajstić information content (AvgIpc) is 2.67. The second-order valence-corrected chi connectivity index (χ2v) is 6.67. The first-order valence-corrected chi connectivity index (χ1v) is 6.99. The van der Waals surface area contributed by atoms with Crippen molar-refractivity contribution in [3.8, 4) is 5.75 Å². The molecule has 1 atom stereocenters. The average molecular weight is 342 g/mol. The number of rotatable bonds is 3. The van der Waals surface area contributed by atoms with Crippen LogP contribution in [0.5, 0.6) is 5.75 Å². The number of nitrogens with one attached hydrogen (secondary N) is 1. The van der Waals surface area contributed by atoms with Crippen LogP contribution in [0.15, 0.2) is 16.6 Å². The maximum Gasteiger partial charge on any atom is 0.345 e. The molecule has 1 amide bonds. The molecule has 0 saturated carbocycles. The highest BCUT2D eigenvalue weighted by atomic mass is 79.9. The summed E-state index contributed by atoms with van der Waals surface area (Å²) in [6.45, 7) is 5.85. The van der Waals surface area contributed by atoms with E-state index >= 15 is 0 Å². The van der Waals surface area contributed by atoms with E-state index < -0.39 is 17.5 Å². The van der Waals surface area contributed by atoms with Crippen molar-refractivity contribution in [2.75, 3.05) is 0 Å². The van der Waals surface area contributed by atoms with Gasteiger partial charge in [-0.2, -0.15) is 0 Å². The number of carboxylic acid groups (broad SMARTS) is 1. The lowest BCUT2D eigenvalue weighted by Crippen LogP contribution is -2.39. The van der Waals surface area contributed by atoms with Crippen molar-refractivity contribution >= 4 is 27.8 Å². The molecule has 1 aromatic rings. The quantitative estimate of drug-likeness (QED) is 0.885. The minimum Gasteiger partial charge on any atom is -0.478 e. The molecule has 1 aromatic carbocycles. The SMILES string of the molecule is CC(C)(C)C(Oc1cc(Br)c2c(c1)C(=O)NC2)C(=O)O. The fourth-order valence-electron chi connectivity index (χ4n) is 2.06. The van der Waals surface area contributed by atoms with Gasteiger partial charge >= 0.3 is 5.97 Å². The van der Waals surface area contributed by atoms with Gasteiger partial charge in [0, 0.05) is 22.0 Å². The van der Waals surface area contributed by atoms with E-state index in [4.69, 9.17) is 4.74 Å². The first-order valence-electron chi connectivity index (χ1n) is 6.20. The minimum atomic E-state index is -1.03. The molecular weight excluding hydrogens is 326 g/mol. The molecule has 0 aromatic heterocycles. The number of amides is 1. The van der Waals surface area contributed by atoms with Gasteiger partial charge in [0.15, 0.2) is 6.10 Å². The van der Waals surface area contributed by atoms with Gasteiger partial charge in [-0.25, -0.2) is 4.79 Å². The van der Waals surface area contributed by atoms with E-state index in [1.165, 1.54) is 0 Å². The molecule has 0 spiro atoms. The number of hydrogen-bond acceptors (Lipinski definition) is 3. The molecule has 1 aliphatic heterocycles. The van der Waals surface area contributed by atoms with Crippen molar-refractivity contribution in [1.82, 2.24) is 5.32 Å². The van der Waals surface area contributed by atoms with Gasteiger partial charge in [-0.3, -0.25) is 4.79 Å². The van der Waals surface area contributed by atoms with Crippen LogP contribution in [0.2, 0.25) is 0 Å². The molecule has 0 bridgehead atoms. The number of halogens is 1. The zero-order valence-electron chi connectivity index (χ0n) is 11.5. The second-order valence-electron chi connectivity index (χ2n) is 5.82. The molecule has 0 aliphatic carbocycles. The van der Waals surface area contributed by atoms with Gasteiger partial charge in [-0.1, -0.05) is 36.7 Å².